The molecule has 2 unspecified atom stereocenters. The van der Waals surface area contributed by atoms with Gasteiger partial charge in [-0.25, -0.2) is 19.0 Å². The van der Waals surface area contributed by atoms with Gasteiger partial charge < -0.3 is 25.5 Å². The number of anilines is 2. The summed E-state index contributed by atoms with van der Waals surface area (Å²) in [4.78, 5) is 49.8. The largest absolute Gasteiger partial charge is 0.369 e. The first-order valence-electron chi connectivity index (χ1n) is 14.9. The van der Waals surface area contributed by atoms with Gasteiger partial charge in [-0.3, -0.25) is 9.69 Å². The average molecular weight is 599 g/mol. The van der Waals surface area contributed by atoms with Crippen LogP contribution in [0, 0.1) is 11.7 Å². The van der Waals surface area contributed by atoms with Gasteiger partial charge in [0.05, 0.1) is 17.1 Å². The van der Waals surface area contributed by atoms with E-state index < -0.39 is 24.2 Å². The van der Waals surface area contributed by atoms with E-state index in [1.165, 1.54) is 17.0 Å². The number of benzene rings is 3. The number of carbonyl (C=O) groups is 3. The molecule has 3 N–H and O–H groups in total. The molecule has 3 aliphatic heterocycles. The molecule has 1 fully saturated rings. The van der Waals surface area contributed by atoms with E-state index in [2.05, 4.69) is 10.6 Å². The van der Waals surface area contributed by atoms with Crippen LogP contribution in [-0.2, 0) is 4.79 Å². The van der Waals surface area contributed by atoms with Crippen LogP contribution < -0.4 is 15.5 Å². The Morgan fingerprint density at radius 2 is 1.77 bits per heavy atom. The van der Waals surface area contributed by atoms with Crippen LogP contribution in [0.4, 0.5) is 25.4 Å². The summed E-state index contributed by atoms with van der Waals surface area (Å²) in [6.45, 7) is 5.04. The lowest BCUT2D eigenvalue weighted by Crippen LogP contribution is -2.56. The lowest BCUT2D eigenvalue weighted by atomic mass is 10.00. The van der Waals surface area contributed by atoms with Gasteiger partial charge in [-0.1, -0.05) is 62.4 Å². The number of fused-ring (bicyclic) bond motifs is 2. The second-order valence-electron chi connectivity index (χ2n) is 11.7. The van der Waals surface area contributed by atoms with Gasteiger partial charge in [-0.2, -0.15) is 0 Å². The molecule has 3 heterocycles. The maximum Gasteiger partial charge on any atom is 0.324 e. The van der Waals surface area contributed by atoms with Gasteiger partial charge in [0.25, 0.3) is 5.91 Å². The minimum Gasteiger partial charge on any atom is -0.369 e. The minimum atomic E-state index is -1.24. The number of hydrogen-bond donors (Lipinski definition) is 3. The molecule has 0 radical (unpaired) electrons. The van der Waals surface area contributed by atoms with Crippen molar-refractivity contribution in [2.24, 2.45) is 10.9 Å². The van der Waals surface area contributed by atoms with Gasteiger partial charge in [0.15, 0.2) is 6.23 Å². The normalized spacial score (nSPS) is 20.5. The molecule has 3 aliphatic rings. The standard InChI is InChI=1S/C33H35FN6O4/c1-20(2)19-39-27-13-6-4-11-25(27)28(21-8-7-9-22(34)18-21)36-29(31(39)42)37-32(43)38-16-14-23(15-17-38)40-30(41)24-10-3-5-12-26(24)35-33(40)44/h3-13,18,20,23,29-30,41H,14-17,19H2,1-2H3,(H,35,44)(H,37,43). The molecule has 3 aromatic carbocycles. The smallest absolute Gasteiger partial charge is 0.324 e. The van der Waals surface area contributed by atoms with Crippen LogP contribution in [-0.4, -0.2) is 70.4 Å². The number of aliphatic imine (C=N–C) groups is 1. The highest BCUT2D eigenvalue weighted by atomic mass is 19.1. The fourth-order valence-corrected chi connectivity index (χ4v) is 6.14. The SMILES string of the molecule is CC(C)CN1C(=O)C(NC(=O)N2CCC(N3C(=O)Nc4ccccc4C3O)CC2)N=C(c2cccc(F)c2)c2ccccc21. The Bertz CT molecular complexity index is 1620. The maximum atomic E-state index is 14.3. The van der Waals surface area contributed by atoms with Crippen LogP contribution in [0.25, 0.3) is 0 Å². The summed E-state index contributed by atoms with van der Waals surface area (Å²) in [5.74, 6) is -0.684. The van der Waals surface area contributed by atoms with Gasteiger partial charge >= 0.3 is 12.1 Å². The molecule has 3 aromatic rings. The molecule has 10 nitrogen and oxygen atoms in total. The van der Waals surface area contributed by atoms with Crippen molar-refractivity contribution in [3.05, 3.63) is 95.3 Å². The lowest BCUT2D eigenvalue weighted by Gasteiger charge is -2.43. The third-order valence-corrected chi connectivity index (χ3v) is 8.24. The van der Waals surface area contributed by atoms with Crippen molar-refractivity contribution < 1.29 is 23.9 Å². The highest BCUT2D eigenvalue weighted by Crippen LogP contribution is 2.35. The number of aliphatic hydroxyl groups excluding tert-OH is 1. The molecular weight excluding hydrogens is 563 g/mol. The third kappa shape index (κ3) is 5.62. The zero-order valence-electron chi connectivity index (χ0n) is 24.6. The molecule has 1 saturated heterocycles. The molecule has 2 atom stereocenters. The van der Waals surface area contributed by atoms with E-state index in [1.807, 2.05) is 44.2 Å². The zero-order chi connectivity index (χ0) is 31.0. The van der Waals surface area contributed by atoms with E-state index in [0.717, 1.165) is 0 Å². The van der Waals surface area contributed by atoms with E-state index in [9.17, 15) is 23.9 Å². The summed E-state index contributed by atoms with van der Waals surface area (Å²) >= 11 is 0. The number of aliphatic hydroxyl groups is 1. The van der Waals surface area contributed by atoms with Crippen LogP contribution in [0.5, 0.6) is 0 Å². The summed E-state index contributed by atoms with van der Waals surface area (Å²) < 4.78 is 14.3. The third-order valence-electron chi connectivity index (χ3n) is 8.24. The molecule has 11 heteroatoms. The number of amides is 5. The first-order valence-corrected chi connectivity index (χ1v) is 14.9. The number of nitrogens with zero attached hydrogens (tertiary/aromatic N) is 4. The Kier molecular flexibility index (Phi) is 8.05. The summed E-state index contributed by atoms with van der Waals surface area (Å²) in [7, 11) is 0. The predicted octanol–water partition coefficient (Wildman–Crippen LogP) is 4.70. The first-order chi connectivity index (χ1) is 21.2. The Labute approximate surface area is 255 Å². The van der Waals surface area contributed by atoms with Gasteiger partial charge in [-0.05, 0) is 43.0 Å². The van der Waals surface area contributed by atoms with Crippen molar-refractivity contribution in [2.75, 3.05) is 29.9 Å². The highest BCUT2D eigenvalue weighted by molar-refractivity contribution is 6.20. The Balaban J connectivity index is 1.22. The topological polar surface area (TPSA) is 118 Å². The fourth-order valence-electron chi connectivity index (χ4n) is 6.14. The molecule has 0 spiro atoms. The Morgan fingerprint density at radius 1 is 1.05 bits per heavy atom. The monoisotopic (exact) mass is 598 g/mol. The van der Waals surface area contributed by atoms with Gasteiger partial charge in [0, 0.05) is 42.4 Å². The number of piperidine rings is 1. The molecule has 228 valence electrons. The van der Waals surface area contributed by atoms with E-state index in [-0.39, 0.29) is 23.9 Å². The van der Waals surface area contributed by atoms with E-state index in [4.69, 9.17) is 4.99 Å². The van der Waals surface area contributed by atoms with Crippen molar-refractivity contribution >= 4 is 35.1 Å². The van der Waals surface area contributed by atoms with Crippen molar-refractivity contribution in [1.82, 2.24) is 15.1 Å². The number of para-hydroxylation sites is 2. The maximum absolute atomic E-state index is 14.3. The van der Waals surface area contributed by atoms with Crippen molar-refractivity contribution in [3.8, 4) is 0 Å². The van der Waals surface area contributed by atoms with Gasteiger partial charge in [0.2, 0.25) is 6.17 Å². The van der Waals surface area contributed by atoms with Crippen LogP contribution in [0.1, 0.15) is 49.6 Å². The van der Waals surface area contributed by atoms with Crippen LogP contribution in [0.2, 0.25) is 0 Å². The number of hydrogen-bond acceptors (Lipinski definition) is 5. The molecule has 0 bridgehead atoms. The highest BCUT2D eigenvalue weighted by Gasteiger charge is 2.39. The molecule has 0 aliphatic carbocycles. The molecule has 0 saturated carbocycles. The van der Waals surface area contributed by atoms with Crippen molar-refractivity contribution in [2.45, 2.75) is 45.1 Å². The van der Waals surface area contributed by atoms with Crippen LogP contribution >= 0.6 is 0 Å². The fraction of sp³-hybridized carbons (Fsp3) is 0.333. The lowest BCUT2D eigenvalue weighted by molar-refractivity contribution is -0.120. The van der Waals surface area contributed by atoms with Crippen LogP contribution in [0.3, 0.4) is 0 Å². The minimum absolute atomic E-state index is 0.132. The molecule has 5 amide bonds. The van der Waals surface area contributed by atoms with E-state index in [1.54, 1.807) is 40.1 Å². The Hall–Kier alpha value is -4.77. The number of rotatable bonds is 5. The van der Waals surface area contributed by atoms with Gasteiger partial charge in [-0.15, -0.1) is 0 Å². The number of likely N-dealkylation sites (tertiary alicyclic amines) is 1. The van der Waals surface area contributed by atoms with E-state index >= 15 is 0 Å². The van der Waals surface area contributed by atoms with Crippen molar-refractivity contribution in [3.63, 3.8) is 0 Å². The number of urea groups is 2. The summed E-state index contributed by atoms with van der Waals surface area (Å²) in [5, 5.41) is 16.6. The first kappa shape index (κ1) is 29.3. The van der Waals surface area contributed by atoms with Crippen LogP contribution in [0.15, 0.2) is 77.8 Å². The number of carbonyl (C=O) groups excluding carboxylic acids is 3. The van der Waals surface area contributed by atoms with Crippen molar-refractivity contribution in [1.29, 1.82) is 0 Å². The molecule has 44 heavy (non-hydrogen) atoms. The second kappa shape index (κ2) is 12.1. The zero-order valence-corrected chi connectivity index (χ0v) is 24.6. The van der Waals surface area contributed by atoms with Gasteiger partial charge in [0.1, 0.15) is 5.82 Å². The number of benzodiazepines with no additional fused rings is 1. The summed E-state index contributed by atoms with van der Waals surface area (Å²) in [6.07, 6.45) is -1.43. The molecule has 0 aromatic heterocycles. The quantitative estimate of drug-likeness (QED) is 0.395. The molecular formula is C33H35FN6O4. The Morgan fingerprint density at radius 3 is 2.52 bits per heavy atom. The summed E-state index contributed by atoms with van der Waals surface area (Å²) in [5.41, 5.74) is 3.43. The van der Waals surface area contributed by atoms with E-state index in [0.29, 0.717) is 66.3 Å². The second-order valence-corrected chi connectivity index (χ2v) is 11.7. The average Bonchev–Trinajstić information content (AvgIpc) is 3.12. The predicted molar refractivity (Wildman–Crippen MR) is 165 cm³/mol. The number of nitrogens with one attached hydrogen (secondary N) is 2. The molecule has 6 rings (SSSR count). The number of halogens is 1. The summed E-state index contributed by atoms with van der Waals surface area (Å²) in [6, 6.07) is 19.4.